The molecular weight excluding hydrogens is 421 g/mol. The topological polar surface area (TPSA) is 75.1 Å². The quantitative estimate of drug-likeness (QED) is 0.192. The molecule has 1 atom stereocenters. The number of halogens is 1. The summed E-state index contributed by atoms with van der Waals surface area (Å²) in [6.45, 7) is 11.3. The van der Waals surface area contributed by atoms with E-state index in [1.54, 1.807) is 0 Å². The van der Waals surface area contributed by atoms with Crippen molar-refractivity contribution in [3.8, 4) is 0 Å². The predicted octanol–water partition coefficient (Wildman–Crippen LogP) is 2.15. The van der Waals surface area contributed by atoms with Gasteiger partial charge in [0.1, 0.15) is 0 Å². The van der Waals surface area contributed by atoms with Crippen LogP contribution in [0, 0.1) is 5.92 Å². The van der Waals surface area contributed by atoms with Gasteiger partial charge >= 0.3 is 0 Å². The Morgan fingerprint density at radius 2 is 2.04 bits per heavy atom. The number of nitrogens with zero attached hydrogens (tertiary/aromatic N) is 1. The molecule has 1 unspecified atom stereocenters. The van der Waals surface area contributed by atoms with Crippen molar-refractivity contribution < 1.29 is 14.6 Å². The zero-order valence-electron chi connectivity index (χ0n) is 15.5. The molecular formula is C17H36IN3O3. The van der Waals surface area contributed by atoms with Crippen LogP contribution >= 0.6 is 24.0 Å². The summed E-state index contributed by atoms with van der Waals surface area (Å²) >= 11 is 0. The van der Waals surface area contributed by atoms with Gasteiger partial charge in [0.2, 0.25) is 0 Å². The molecule has 0 saturated carbocycles. The molecule has 0 aliphatic carbocycles. The number of hydrogen-bond acceptors (Lipinski definition) is 4. The van der Waals surface area contributed by atoms with Crippen LogP contribution < -0.4 is 10.6 Å². The molecule has 6 nitrogen and oxygen atoms in total. The molecule has 24 heavy (non-hydrogen) atoms. The standard InChI is InChI=1S/C17H35N3O3.HI/c1-4-17(21,5-2)14-20-16(18-6-3)19-9-7-10-22-12-15-8-11-23-13-15;/h15,21H,4-14H2,1-3H3,(H2,18,19,20);1H. The molecule has 144 valence electrons. The van der Waals surface area contributed by atoms with Crippen LogP contribution in [0.2, 0.25) is 0 Å². The molecule has 1 rings (SSSR count). The monoisotopic (exact) mass is 457 g/mol. The fraction of sp³-hybridized carbons (Fsp3) is 0.941. The van der Waals surface area contributed by atoms with Crippen molar-refractivity contribution >= 4 is 29.9 Å². The third kappa shape index (κ3) is 10.0. The van der Waals surface area contributed by atoms with Gasteiger partial charge in [-0.1, -0.05) is 13.8 Å². The highest BCUT2D eigenvalue weighted by molar-refractivity contribution is 14.0. The van der Waals surface area contributed by atoms with Gasteiger partial charge in [0.05, 0.1) is 25.4 Å². The summed E-state index contributed by atoms with van der Waals surface area (Å²) in [6, 6.07) is 0. The Bertz CT molecular complexity index is 333. The number of ether oxygens (including phenoxy) is 2. The smallest absolute Gasteiger partial charge is 0.191 e. The number of guanidine groups is 1. The van der Waals surface area contributed by atoms with Crippen molar-refractivity contribution in [1.82, 2.24) is 10.6 Å². The maximum absolute atomic E-state index is 10.3. The summed E-state index contributed by atoms with van der Waals surface area (Å²) in [5.74, 6) is 1.33. The Hall–Kier alpha value is -0.120. The van der Waals surface area contributed by atoms with Gasteiger partial charge in [-0.15, -0.1) is 24.0 Å². The summed E-state index contributed by atoms with van der Waals surface area (Å²) in [7, 11) is 0. The number of aliphatic hydroxyl groups is 1. The molecule has 1 fully saturated rings. The number of rotatable bonds is 11. The van der Waals surface area contributed by atoms with Crippen molar-refractivity contribution in [2.45, 2.75) is 52.1 Å². The minimum atomic E-state index is -0.700. The SMILES string of the molecule is CCNC(=NCC(O)(CC)CC)NCCCOCC1CCOC1.I. The van der Waals surface area contributed by atoms with Crippen LogP contribution in [0.4, 0.5) is 0 Å². The number of aliphatic imine (C=N–C) groups is 1. The van der Waals surface area contributed by atoms with Gasteiger partial charge in [-0.05, 0) is 32.6 Å². The maximum atomic E-state index is 10.3. The van der Waals surface area contributed by atoms with E-state index in [-0.39, 0.29) is 24.0 Å². The van der Waals surface area contributed by atoms with Gasteiger partial charge in [0.25, 0.3) is 0 Å². The zero-order valence-corrected chi connectivity index (χ0v) is 17.8. The Morgan fingerprint density at radius 1 is 1.29 bits per heavy atom. The minimum Gasteiger partial charge on any atom is -0.388 e. The third-order valence-corrected chi connectivity index (χ3v) is 4.33. The Balaban J connectivity index is 0.00000529. The summed E-state index contributed by atoms with van der Waals surface area (Å²) in [4.78, 5) is 4.50. The van der Waals surface area contributed by atoms with Crippen molar-refractivity contribution in [2.24, 2.45) is 10.9 Å². The first kappa shape index (κ1) is 23.9. The molecule has 3 N–H and O–H groups in total. The van der Waals surface area contributed by atoms with Crippen LogP contribution in [0.3, 0.4) is 0 Å². The molecule has 0 spiro atoms. The highest BCUT2D eigenvalue weighted by atomic mass is 127. The summed E-state index contributed by atoms with van der Waals surface area (Å²) < 4.78 is 11.0. The van der Waals surface area contributed by atoms with Crippen LogP contribution in [0.15, 0.2) is 4.99 Å². The first-order valence-corrected chi connectivity index (χ1v) is 9.03. The van der Waals surface area contributed by atoms with Gasteiger partial charge in [-0.3, -0.25) is 4.99 Å². The normalized spacial score (nSPS) is 18.3. The van der Waals surface area contributed by atoms with Crippen molar-refractivity contribution in [3.05, 3.63) is 0 Å². The third-order valence-electron chi connectivity index (χ3n) is 4.33. The second kappa shape index (κ2) is 14.1. The van der Waals surface area contributed by atoms with E-state index in [1.165, 1.54) is 0 Å². The van der Waals surface area contributed by atoms with Crippen molar-refractivity contribution in [3.63, 3.8) is 0 Å². The fourth-order valence-electron chi connectivity index (χ4n) is 2.39. The van der Waals surface area contributed by atoms with Crippen LogP contribution in [-0.2, 0) is 9.47 Å². The van der Waals surface area contributed by atoms with Crippen LogP contribution in [0.1, 0.15) is 46.5 Å². The zero-order chi connectivity index (χ0) is 17.0. The van der Waals surface area contributed by atoms with E-state index in [1.807, 2.05) is 20.8 Å². The Kier molecular flexibility index (Phi) is 14.0. The lowest BCUT2D eigenvalue weighted by atomic mass is 9.98. The van der Waals surface area contributed by atoms with Crippen molar-refractivity contribution in [1.29, 1.82) is 0 Å². The number of nitrogens with one attached hydrogen (secondary N) is 2. The molecule has 1 aliphatic heterocycles. The molecule has 1 saturated heterocycles. The van der Waals surface area contributed by atoms with Crippen LogP contribution in [0.25, 0.3) is 0 Å². The second-order valence-electron chi connectivity index (χ2n) is 6.21. The van der Waals surface area contributed by atoms with Crippen LogP contribution in [-0.4, -0.2) is 62.7 Å². The first-order valence-electron chi connectivity index (χ1n) is 9.03. The Morgan fingerprint density at radius 3 is 2.62 bits per heavy atom. The highest BCUT2D eigenvalue weighted by Gasteiger charge is 2.21. The predicted molar refractivity (Wildman–Crippen MR) is 109 cm³/mol. The average molecular weight is 457 g/mol. The van der Waals surface area contributed by atoms with E-state index in [4.69, 9.17) is 9.47 Å². The summed E-state index contributed by atoms with van der Waals surface area (Å²) in [6.07, 6.45) is 3.48. The van der Waals surface area contributed by atoms with E-state index in [2.05, 4.69) is 15.6 Å². The molecule has 0 radical (unpaired) electrons. The Labute approximate surface area is 164 Å². The lowest BCUT2D eigenvalue weighted by Gasteiger charge is -2.23. The second-order valence-corrected chi connectivity index (χ2v) is 6.21. The largest absolute Gasteiger partial charge is 0.388 e. The molecule has 1 aliphatic rings. The number of hydrogen-bond donors (Lipinski definition) is 3. The van der Waals surface area contributed by atoms with E-state index in [0.717, 1.165) is 58.3 Å². The minimum absolute atomic E-state index is 0. The molecule has 0 aromatic rings. The van der Waals surface area contributed by atoms with Gasteiger partial charge in [0, 0.05) is 32.2 Å². The van der Waals surface area contributed by atoms with Gasteiger partial charge in [-0.2, -0.15) is 0 Å². The molecule has 0 aromatic carbocycles. The van der Waals surface area contributed by atoms with Gasteiger partial charge in [0.15, 0.2) is 5.96 Å². The fourth-order valence-corrected chi connectivity index (χ4v) is 2.39. The first-order chi connectivity index (χ1) is 11.1. The summed E-state index contributed by atoms with van der Waals surface area (Å²) in [5.41, 5.74) is -0.700. The maximum Gasteiger partial charge on any atom is 0.191 e. The van der Waals surface area contributed by atoms with Crippen molar-refractivity contribution in [2.75, 3.05) is 46.1 Å². The van der Waals surface area contributed by atoms with E-state index >= 15 is 0 Å². The lowest BCUT2D eigenvalue weighted by molar-refractivity contribution is 0.0418. The molecule has 0 amide bonds. The lowest BCUT2D eigenvalue weighted by Crippen LogP contribution is -2.40. The van der Waals surface area contributed by atoms with E-state index in [9.17, 15) is 5.11 Å². The molecule has 0 aromatic heterocycles. The van der Waals surface area contributed by atoms with E-state index < -0.39 is 5.60 Å². The molecule has 1 heterocycles. The average Bonchev–Trinajstić information content (AvgIpc) is 3.08. The van der Waals surface area contributed by atoms with Gasteiger partial charge < -0.3 is 25.2 Å². The highest BCUT2D eigenvalue weighted by Crippen LogP contribution is 2.14. The summed E-state index contributed by atoms with van der Waals surface area (Å²) in [5, 5.41) is 16.8. The van der Waals surface area contributed by atoms with E-state index in [0.29, 0.717) is 25.3 Å². The van der Waals surface area contributed by atoms with Crippen LogP contribution in [0.5, 0.6) is 0 Å². The molecule has 0 bridgehead atoms. The van der Waals surface area contributed by atoms with Gasteiger partial charge in [-0.25, -0.2) is 0 Å². The molecule has 7 heteroatoms.